The summed E-state index contributed by atoms with van der Waals surface area (Å²) in [7, 11) is 4.03. The highest BCUT2D eigenvalue weighted by Crippen LogP contribution is 2.04. The number of hydrogen-bond donors (Lipinski definition) is 1. The Morgan fingerprint density at radius 1 is 1.29 bits per heavy atom. The Kier molecular flexibility index (Phi) is 8.12. The van der Waals surface area contributed by atoms with Gasteiger partial charge in [-0.1, -0.05) is 6.92 Å². The lowest BCUT2D eigenvalue weighted by Gasteiger charge is -2.31. The standard InChI is InChI=1S/C12H26N2O3/c1-6-14(10(3)8-13(4)5)9-11(12(15)16)17-7-2/h10-11H,6-9H2,1-5H3,(H,15,16). The maximum absolute atomic E-state index is 11.0. The van der Waals surface area contributed by atoms with Crippen LogP contribution in [-0.2, 0) is 9.53 Å². The normalized spacial score (nSPS) is 15.2. The zero-order valence-corrected chi connectivity index (χ0v) is 11.6. The van der Waals surface area contributed by atoms with Gasteiger partial charge in [0.05, 0.1) is 0 Å². The van der Waals surface area contributed by atoms with E-state index in [9.17, 15) is 4.79 Å². The summed E-state index contributed by atoms with van der Waals surface area (Å²) in [6.07, 6.45) is -0.732. The van der Waals surface area contributed by atoms with Crippen molar-refractivity contribution in [3.05, 3.63) is 0 Å². The van der Waals surface area contributed by atoms with Crippen molar-refractivity contribution in [1.82, 2.24) is 9.80 Å². The van der Waals surface area contributed by atoms with Gasteiger partial charge in [0.25, 0.3) is 0 Å². The van der Waals surface area contributed by atoms with Gasteiger partial charge in [-0.25, -0.2) is 4.79 Å². The van der Waals surface area contributed by atoms with Crippen LogP contribution in [0.15, 0.2) is 0 Å². The molecule has 0 aromatic rings. The second-order valence-electron chi connectivity index (χ2n) is 4.48. The molecular weight excluding hydrogens is 220 g/mol. The SMILES string of the molecule is CCOC(CN(CC)C(C)CN(C)C)C(=O)O. The van der Waals surface area contributed by atoms with Crippen LogP contribution in [0.4, 0.5) is 0 Å². The van der Waals surface area contributed by atoms with Crippen LogP contribution in [0.2, 0.25) is 0 Å². The minimum Gasteiger partial charge on any atom is -0.479 e. The number of hydrogen-bond acceptors (Lipinski definition) is 4. The quantitative estimate of drug-likeness (QED) is 0.650. The third-order valence-electron chi connectivity index (χ3n) is 2.70. The number of rotatable bonds is 9. The molecule has 0 bridgehead atoms. The summed E-state index contributed by atoms with van der Waals surface area (Å²) in [5.74, 6) is -0.887. The highest BCUT2D eigenvalue weighted by molar-refractivity contribution is 5.72. The third kappa shape index (κ3) is 6.61. The fraction of sp³-hybridized carbons (Fsp3) is 0.917. The highest BCUT2D eigenvalue weighted by Gasteiger charge is 2.23. The minimum absolute atomic E-state index is 0.317. The van der Waals surface area contributed by atoms with Crippen LogP contribution in [0.3, 0.4) is 0 Å². The van der Waals surface area contributed by atoms with Gasteiger partial charge in [-0.3, -0.25) is 4.90 Å². The van der Waals surface area contributed by atoms with E-state index in [1.165, 1.54) is 0 Å². The van der Waals surface area contributed by atoms with E-state index in [0.29, 0.717) is 19.2 Å². The van der Waals surface area contributed by atoms with Gasteiger partial charge in [-0.05, 0) is 34.5 Å². The van der Waals surface area contributed by atoms with E-state index < -0.39 is 12.1 Å². The van der Waals surface area contributed by atoms with Crippen molar-refractivity contribution in [3.63, 3.8) is 0 Å². The van der Waals surface area contributed by atoms with Crippen molar-refractivity contribution in [2.24, 2.45) is 0 Å². The van der Waals surface area contributed by atoms with Gasteiger partial charge in [0.1, 0.15) is 0 Å². The van der Waals surface area contributed by atoms with Crippen LogP contribution in [0.25, 0.3) is 0 Å². The first-order valence-corrected chi connectivity index (χ1v) is 6.15. The summed E-state index contributed by atoms with van der Waals surface area (Å²) in [5, 5.41) is 9.05. The first-order valence-electron chi connectivity index (χ1n) is 6.15. The van der Waals surface area contributed by atoms with E-state index in [2.05, 4.69) is 16.7 Å². The Labute approximate surface area is 104 Å². The van der Waals surface area contributed by atoms with Gasteiger partial charge in [0.2, 0.25) is 0 Å². The molecule has 2 unspecified atom stereocenters. The van der Waals surface area contributed by atoms with Crippen molar-refractivity contribution in [2.45, 2.75) is 32.9 Å². The average Bonchev–Trinajstić information content (AvgIpc) is 2.22. The van der Waals surface area contributed by atoms with Gasteiger partial charge in [-0.2, -0.15) is 0 Å². The van der Waals surface area contributed by atoms with Crippen LogP contribution >= 0.6 is 0 Å². The lowest BCUT2D eigenvalue weighted by Crippen LogP contribution is -2.46. The molecular formula is C12H26N2O3. The smallest absolute Gasteiger partial charge is 0.334 e. The molecule has 0 aromatic heterocycles. The summed E-state index contributed by atoms with van der Waals surface area (Å²) in [6, 6.07) is 0.317. The molecule has 17 heavy (non-hydrogen) atoms. The molecule has 102 valence electrons. The molecule has 0 heterocycles. The van der Waals surface area contributed by atoms with Gasteiger partial charge in [0, 0.05) is 25.7 Å². The highest BCUT2D eigenvalue weighted by atomic mass is 16.5. The topological polar surface area (TPSA) is 53.0 Å². The summed E-state index contributed by atoms with van der Waals surface area (Å²) in [4.78, 5) is 15.3. The number of aliphatic carboxylic acids is 1. The molecule has 0 aliphatic carbocycles. The van der Waals surface area contributed by atoms with E-state index >= 15 is 0 Å². The van der Waals surface area contributed by atoms with E-state index in [-0.39, 0.29) is 0 Å². The van der Waals surface area contributed by atoms with Crippen molar-refractivity contribution in [2.75, 3.05) is 40.3 Å². The Morgan fingerprint density at radius 3 is 2.24 bits per heavy atom. The van der Waals surface area contributed by atoms with Crippen molar-refractivity contribution < 1.29 is 14.6 Å². The van der Waals surface area contributed by atoms with Crippen LogP contribution in [0.1, 0.15) is 20.8 Å². The molecule has 5 heteroatoms. The predicted molar refractivity (Wildman–Crippen MR) is 68.3 cm³/mol. The van der Waals surface area contributed by atoms with Gasteiger partial charge < -0.3 is 14.7 Å². The number of nitrogens with zero attached hydrogens (tertiary/aromatic N) is 2. The molecule has 0 spiro atoms. The Balaban J connectivity index is 4.38. The largest absolute Gasteiger partial charge is 0.479 e. The van der Waals surface area contributed by atoms with Crippen molar-refractivity contribution in [3.8, 4) is 0 Å². The summed E-state index contributed by atoms with van der Waals surface area (Å²) < 4.78 is 5.24. The second-order valence-corrected chi connectivity index (χ2v) is 4.48. The fourth-order valence-corrected chi connectivity index (χ4v) is 1.88. The molecule has 0 rings (SSSR count). The lowest BCUT2D eigenvalue weighted by atomic mass is 10.2. The van der Waals surface area contributed by atoms with Gasteiger partial charge in [0.15, 0.2) is 6.10 Å². The summed E-state index contributed by atoms with van der Waals surface area (Å²) >= 11 is 0. The summed E-state index contributed by atoms with van der Waals surface area (Å²) in [6.45, 7) is 8.56. The van der Waals surface area contributed by atoms with E-state index in [1.807, 2.05) is 27.9 Å². The zero-order valence-electron chi connectivity index (χ0n) is 11.6. The molecule has 1 N–H and O–H groups in total. The Hall–Kier alpha value is -0.650. The van der Waals surface area contributed by atoms with Crippen molar-refractivity contribution >= 4 is 5.97 Å². The predicted octanol–water partition coefficient (Wildman–Crippen LogP) is 0.748. The van der Waals surface area contributed by atoms with E-state index in [0.717, 1.165) is 13.1 Å². The van der Waals surface area contributed by atoms with Crippen LogP contribution in [0.5, 0.6) is 0 Å². The molecule has 2 atom stereocenters. The molecule has 0 saturated carbocycles. The molecule has 0 aliphatic rings. The average molecular weight is 246 g/mol. The number of likely N-dealkylation sites (N-methyl/N-ethyl adjacent to an activating group) is 2. The van der Waals surface area contributed by atoms with Crippen LogP contribution < -0.4 is 0 Å². The Morgan fingerprint density at radius 2 is 1.88 bits per heavy atom. The van der Waals surface area contributed by atoms with Crippen molar-refractivity contribution in [1.29, 1.82) is 0 Å². The van der Waals surface area contributed by atoms with Gasteiger partial charge >= 0.3 is 5.97 Å². The maximum atomic E-state index is 11.0. The second kappa shape index (κ2) is 8.44. The number of carboxylic acids is 1. The van der Waals surface area contributed by atoms with Crippen LogP contribution in [-0.4, -0.2) is 73.4 Å². The van der Waals surface area contributed by atoms with E-state index in [4.69, 9.17) is 9.84 Å². The molecule has 0 aromatic carbocycles. The number of ether oxygens (including phenoxy) is 1. The monoisotopic (exact) mass is 246 g/mol. The first kappa shape index (κ1) is 16.4. The molecule has 5 nitrogen and oxygen atoms in total. The Bertz CT molecular complexity index is 222. The lowest BCUT2D eigenvalue weighted by molar-refractivity contribution is -0.151. The van der Waals surface area contributed by atoms with Gasteiger partial charge in [-0.15, -0.1) is 0 Å². The third-order valence-corrected chi connectivity index (χ3v) is 2.70. The molecule has 0 radical (unpaired) electrons. The minimum atomic E-state index is -0.887. The number of carbonyl (C=O) groups is 1. The summed E-state index contributed by atoms with van der Waals surface area (Å²) in [5.41, 5.74) is 0. The molecule has 0 fully saturated rings. The maximum Gasteiger partial charge on any atom is 0.334 e. The zero-order chi connectivity index (χ0) is 13.4. The molecule has 0 saturated heterocycles. The van der Waals surface area contributed by atoms with E-state index in [1.54, 1.807) is 0 Å². The van der Waals surface area contributed by atoms with Crippen LogP contribution in [0, 0.1) is 0 Å². The first-order chi connectivity index (χ1) is 7.92. The molecule has 0 amide bonds. The fourth-order valence-electron chi connectivity index (χ4n) is 1.88. The molecule has 0 aliphatic heterocycles. The number of carboxylic acid groups (broad SMARTS) is 1.